The van der Waals surface area contributed by atoms with E-state index in [1.807, 2.05) is 25.7 Å². The Kier molecular flexibility index (Phi) is 7.53. The van der Waals surface area contributed by atoms with Gasteiger partial charge in [-0.1, -0.05) is 17.7 Å². The second kappa shape index (κ2) is 9.55. The van der Waals surface area contributed by atoms with Gasteiger partial charge in [0.2, 0.25) is 0 Å². The van der Waals surface area contributed by atoms with E-state index in [0.29, 0.717) is 25.3 Å². The fraction of sp³-hybridized carbons (Fsp3) is 0.684. The normalized spacial score (nSPS) is 28.4. The van der Waals surface area contributed by atoms with E-state index >= 15 is 0 Å². The van der Waals surface area contributed by atoms with Crippen molar-refractivity contribution in [2.24, 2.45) is 0 Å². The van der Waals surface area contributed by atoms with E-state index in [1.54, 1.807) is 12.1 Å². The van der Waals surface area contributed by atoms with Crippen LogP contribution >= 0.6 is 11.6 Å². The van der Waals surface area contributed by atoms with Crippen LogP contribution in [0.25, 0.3) is 0 Å². The molecule has 2 saturated heterocycles. The van der Waals surface area contributed by atoms with Gasteiger partial charge in [-0.3, -0.25) is 4.90 Å². The fourth-order valence-electron chi connectivity index (χ4n) is 3.97. The van der Waals surface area contributed by atoms with Crippen LogP contribution in [0, 0.1) is 5.82 Å². The van der Waals surface area contributed by atoms with Gasteiger partial charge in [-0.15, -0.1) is 0 Å². The molecule has 29 heavy (non-hydrogen) atoms. The maximum absolute atomic E-state index is 14.7. The molecule has 0 aliphatic carbocycles. The third-order valence-electron chi connectivity index (χ3n) is 5.23. The molecule has 10 heteroatoms. The number of hydrogen-bond donors (Lipinski definition) is 1. The van der Waals surface area contributed by atoms with Crippen LogP contribution in [0.5, 0.6) is 0 Å². The molecule has 0 bridgehead atoms. The molecule has 164 valence electrons. The summed E-state index contributed by atoms with van der Waals surface area (Å²) in [6.07, 6.45) is -0.409. The topological polar surface area (TPSA) is 71.1 Å². The first kappa shape index (κ1) is 22.9. The molecule has 2 aliphatic rings. The molecule has 2 aliphatic heterocycles. The molecule has 2 heterocycles. The van der Waals surface area contributed by atoms with Gasteiger partial charge in [-0.25, -0.2) is 9.11 Å². The van der Waals surface area contributed by atoms with Crippen LogP contribution in [0.2, 0.25) is 5.02 Å². The molecule has 1 N–H and O–H groups in total. The fourth-order valence-corrected chi connectivity index (χ4v) is 5.63. The molecule has 0 spiro atoms. The number of nitrogens with one attached hydrogen (secondary N) is 1. The maximum atomic E-state index is 14.7. The van der Waals surface area contributed by atoms with Gasteiger partial charge in [0.25, 0.3) is 10.2 Å². The van der Waals surface area contributed by atoms with Crippen LogP contribution in [-0.4, -0.2) is 75.3 Å². The predicted molar refractivity (Wildman–Crippen MR) is 110 cm³/mol. The van der Waals surface area contributed by atoms with Gasteiger partial charge >= 0.3 is 0 Å². The Hall–Kier alpha value is -0.810. The smallest absolute Gasteiger partial charge is 0.279 e. The average molecular weight is 450 g/mol. The SMILES string of the molecule is C[C@@H]1CN([C@H](CNS(=O)(=O)N2C[C@H](C)O[C@@H](C)C2)c2c(F)cccc2Cl)CCO1. The third kappa shape index (κ3) is 5.66. The highest BCUT2D eigenvalue weighted by Crippen LogP contribution is 2.31. The summed E-state index contributed by atoms with van der Waals surface area (Å²) in [6.45, 7) is 7.80. The van der Waals surface area contributed by atoms with E-state index < -0.39 is 22.1 Å². The molecule has 0 aromatic heterocycles. The average Bonchev–Trinajstić information content (AvgIpc) is 2.63. The molecule has 2 fully saturated rings. The number of ether oxygens (including phenoxy) is 2. The summed E-state index contributed by atoms with van der Waals surface area (Å²) < 4.78 is 55.8. The van der Waals surface area contributed by atoms with Crippen molar-refractivity contribution in [1.29, 1.82) is 0 Å². The second-order valence-corrected chi connectivity index (χ2v) is 9.92. The Labute approximate surface area is 177 Å². The van der Waals surface area contributed by atoms with E-state index in [4.69, 9.17) is 21.1 Å². The number of benzene rings is 1. The van der Waals surface area contributed by atoms with Crippen LogP contribution in [0.3, 0.4) is 0 Å². The van der Waals surface area contributed by atoms with Gasteiger partial charge in [-0.05, 0) is 32.9 Å². The minimum Gasteiger partial charge on any atom is -0.376 e. The van der Waals surface area contributed by atoms with Crippen LogP contribution in [-0.2, 0) is 19.7 Å². The van der Waals surface area contributed by atoms with Crippen molar-refractivity contribution in [2.75, 3.05) is 39.3 Å². The van der Waals surface area contributed by atoms with Crippen molar-refractivity contribution in [2.45, 2.75) is 45.1 Å². The third-order valence-corrected chi connectivity index (χ3v) is 7.07. The van der Waals surface area contributed by atoms with Crippen molar-refractivity contribution in [3.63, 3.8) is 0 Å². The molecular weight excluding hydrogens is 421 g/mol. The van der Waals surface area contributed by atoms with Crippen molar-refractivity contribution in [3.05, 3.63) is 34.6 Å². The standard InChI is InChI=1S/C19H29ClFN3O4S/c1-13-10-23(7-8-27-13)18(19-16(20)5-4-6-17(19)21)9-22-29(25,26)24-11-14(2)28-15(3)12-24/h4-6,13-15,18,22H,7-12H2,1-3H3/t13-,14+,15+,18-/m1/s1. The van der Waals surface area contributed by atoms with Crippen LogP contribution < -0.4 is 4.72 Å². The summed E-state index contributed by atoms with van der Waals surface area (Å²) in [4.78, 5) is 2.02. The minimum atomic E-state index is -3.75. The highest BCUT2D eigenvalue weighted by molar-refractivity contribution is 7.87. The van der Waals surface area contributed by atoms with E-state index in [2.05, 4.69) is 4.72 Å². The lowest BCUT2D eigenvalue weighted by molar-refractivity contribution is -0.0448. The Morgan fingerprint density at radius 1 is 1.21 bits per heavy atom. The first-order chi connectivity index (χ1) is 13.7. The molecule has 0 saturated carbocycles. The number of nitrogens with zero attached hydrogens (tertiary/aromatic N) is 2. The number of rotatable bonds is 6. The van der Waals surface area contributed by atoms with Crippen LogP contribution in [0.1, 0.15) is 32.4 Å². The van der Waals surface area contributed by atoms with Gasteiger partial charge in [0.15, 0.2) is 0 Å². The summed E-state index contributed by atoms with van der Waals surface area (Å²) in [6, 6.07) is 3.97. The van der Waals surface area contributed by atoms with Crippen molar-refractivity contribution in [1.82, 2.24) is 13.9 Å². The highest BCUT2D eigenvalue weighted by Gasteiger charge is 2.34. The van der Waals surface area contributed by atoms with E-state index in [9.17, 15) is 12.8 Å². The molecular formula is C19H29ClFN3O4S. The maximum Gasteiger partial charge on any atom is 0.279 e. The zero-order valence-corrected chi connectivity index (χ0v) is 18.5. The summed E-state index contributed by atoms with van der Waals surface area (Å²) in [5, 5.41) is 0.280. The van der Waals surface area contributed by atoms with Gasteiger partial charge in [-0.2, -0.15) is 12.7 Å². The van der Waals surface area contributed by atoms with Crippen molar-refractivity contribution >= 4 is 21.8 Å². The molecule has 4 atom stereocenters. The molecule has 7 nitrogen and oxygen atoms in total. The van der Waals surface area contributed by atoms with Gasteiger partial charge < -0.3 is 9.47 Å². The zero-order chi connectivity index (χ0) is 21.2. The van der Waals surface area contributed by atoms with Gasteiger partial charge in [0.05, 0.1) is 31.0 Å². The van der Waals surface area contributed by atoms with E-state index in [-0.39, 0.29) is 43.0 Å². The van der Waals surface area contributed by atoms with Crippen LogP contribution in [0.4, 0.5) is 4.39 Å². The van der Waals surface area contributed by atoms with Gasteiger partial charge in [0, 0.05) is 43.3 Å². The lowest BCUT2D eigenvalue weighted by Gasteiger charge is -2.39. The first-order valence-corrected chi connectivity index (χ1v) is 11.7. The van der Waals surface area contributed by atoms with E-state index in [1.165, 1.54) is 10.4 Å². The van der Waals surface area contributed by atoms with Crippen LogP contribution in [0.15, 0.2) is 18.2 Å². The lowest BCUT2D eigenvalue weighted by Crippen LogP contribution is -2.53. The molecule has 3 rings (SSSR count). The quantitative estimate of drug-likeness (QED) is 0.720. The highest BCUT2D eigenvalue weighted by atomic mass is 35.5. The lowest BCUT2D eigenvalue weighted by atomic mass is 10.0. The monoisotopic (exact) mass is 449 g/mol. The Bertz CT molecular complexity index is 782. The molecule has 0 radical (unpaired) electrons. The first-order valence-electron chi connectivity index (χ1n) is 9.87. The zero-order valence-electron chi connectivity index (χ0n) is 17.0. The minimum absolute atomic E-state index is 0.00975. The summed E-state index contributed by atoms with van der Waals surface area (Å²) in [5.41, 5.74) is 0.301. The van der Waals surface area contributed by atoms with Crippen molar-refractivity contribution in [3.8, 4) is 0 Å². The summed E-state index contributed by atoms with van der Waals surface area (Å²) in [5.74, 6) is -0.450. The molecule has 0 unspecified atom stereocenters. The largest absolute Gasteiger partial charge is 0.376 e. The number of halogens is 2. The Balaban J connectivity index is 1.82. The molecule has 1 aromatic carbocycles. The molecule has 0 amide bonds. The second-order valence-electron chi connectivity index (χ2n) is 7.76. The number of morpholine rings is 2. The summed E-state index contributed by atoms with van der Waals surface area (Å²) >= 11 is 6.31. The Morgan fingerprint density at radius 2 is 1.90 bits per heavy atom. The predicted octanol–water partition coefficient (Wildman–Crippen LogP) is 2.18. The van der Waals surface area contributed by atoms with Gasteiger partial charge in [0.1, 0.15) is 5.82 Å². The van der Waals surface area contributed by atoms with Crippen molar-refractivity contribution < 1.29 is 22.3 Å². The molecule has 1 aromatic rings. The van der Waals surface area contributed by atoms with E-state index in [0.717, 1.165) is 0 Å². The number of hydrogen-bond acceptors (Lipinski definition) is 5. The summed E-state index contributed by atoms with van der Waals surface area (Å²) in [7, 11) is -3.75. The Morgan fingerprint density at radius 3 is 2.52 bits per heavy atom.